The molecule has 1 atom stereocenters. The van der Waals surface area contributed by atoms with Gasteiger partial charge in [-0.15, -0.1) is 0 Å². The third-order valence-electron chi connectivity index (χ3n) is 1.50. The van der Waals surface area contributed by atoms with Crippen molar-refractivity contribution in [2.75, 3.05) is 5.32 Å². The van der Waals surface area contributed by atoms with E-state index in [1.807, 2.05) is 6.07 Å². The summed E-state index contributed by atoms with van der Waals surface area (Å²) in [6.07, 6.45) is 0. The molecule has 0 amide bonds. The molecule has 0 aliphatic rings. The van der Waals surface area contributed by atoms with Crippen molar-refractivity contribution in [3.05, 3.63) is 28.5 Å². The van der Waals surface area contributed by atoms with Crippen LogP contribution in [0.15, 0.2) is 22.7 Å². The van der Waals surface area contributed by atoms with Gasteiger partial charge in [-0.25, -0.2) is 4.39 Å². The number of nitrogens with zero attached hydrogens (tertiary/aromatic N) is 1. The van der Waals surface area contributed by atoms with Gasteiger partial charge in [0, 0.05) is 5.69 Å². The van der Waals surface area contributed by atoms with E-state index in [-0.39, 0.29) is 11.9 Å². The Morgan fingerprint density at radius 1 is 1.62 bits per heavy atom. The van der Waals surface area contributed by atoms with E-state index >= 15 is 0 Å². The summed E-state index contributed by atoms with van der Waals surface area (Å²) in [5.74, 6) is -0.310. The SMILES string of the molecule is CC(C#N)Nc1ccc(F)c(Br)c1. The average molecular weight is 243 g/mol. The molecule has 0 saturated carbocycles. The van der Waals surface area contributed by atoms with Crippen molar-refractivity contribution in [2.45, 2.75) is 13.0 Å². The summed E-state index contributed by atoms with van der Waals surface area (Å²) in [5, 5.41) is 11.4. The van der Waals surface area contributed by atoms with Crippen LogP contribution in [0.2, 0.25) is 0 Å². The summed E-state index contributed by atoms with van der Waals surface area (Å²) in [6.45, 7) is 1.73. The topological polar surface area (TPSA) is 35.8 Å². The van der Waals surface area contributed by atoms with Crippen LogP contribution in [0.5, 0.6) is 0 Å². The second kappa shape index (κ2) is 4.24. The predicted octanol–water partition coefficient (Wildman–Crippen LogP) is 2.91. The van der Waals surface area contributed by atoms with E-state index in [2.05, 4.69) is 21.2 Å². The maximum atomic E-state index is 12.8. The minimum Gasteiger partial charge on any atom is -0.370 e. The number of hydrogen-bond acceptors (Lipinski definition) is 2. The van der Waals surface area contributed by atoms with Gasteiger partial charge in [-0.05, 0) is 41.1 Å². The highest BCUT2D eigenvalue weighted by Crippen LogP contribution is 2.20. The molecule has 0 aliphatic carbocycles. The van der Waals surface area contributed by atoms with Crippen molar-refractivity contribution < 1.29 is 4.39 Å². The summed E-state index contributed by atoms with van der Waals surface area (Å²) in [6, 6.07) is 6.28. The Labute approximate surface area is 84.5 Å². The van der Waals surface area contributed by atoms with Crippen molar-refractivity contribution in [2.24, 2.45) is 0 Å². The van der Waals surface area contributed by atoms with Crippen molar-refractivity contribution in [3.8, 4) is 6.07 Å². The molecule has 4 heteroatoms. The van der Waals surface area contributed by atoms with Gasteiger partial charge in [-0.2, -0.15) is 5.26 Å². The van der Waals surface area contributed by atoms with Gasteiger partial charge < -0.3 is 5.32 Å². The molecule has 0 bridgehead atoms. The molecular formula is C9H8BrFN2. The minimum atomic E-state index is -0.310. The highest BCUT2D eigenvalue weighted by atomic mass is 79.9. The van der Waals surface area contributed by atoms with Gasteiger partial charge in [-0.3, -0.25) is 0 Å². The number of nitrogens with one attached hydrogen (secondary N) is 1. The molecule has 0 radical (unpaired) electrons. The van der Waals surface area contributed by atoms with Crippen molar-refractivity contribution in [3.63, 3.8) is 0 Å². The van der Waals surface area contributed by atoms with E-state index in [0.29, 0.717) is 4.47 Å². The molecular weight excluding hydrogens is 235 g/mol. The fourth-order valence-electron chi connectivity index (χ4n) is 0.868. The third kappa shape index (κ3) is 2.71. The van der Waals surface area contributed by atoms with E-state index in [0.717, 1.165) is 5.69 Å². The molecule has 68 valence electrons. The molecule has 1 rings (SSSR count). The van der Waals surface area contributed by atoms with E-state index in [1.54, 1.807) is 19.1 Å². The molecule has 0 fully saturated rings. The van der Waals surface area contributed by atoms with Crippen molar-refractivity contribution >= 4 is 21.6 Å². The molecule has 0 saturated heterocycles. The fourth-order valence-corrected chi connectivity index (χ4v) is 1.25. The van der Waals surface area contributed by atoms with Crippen LogP contribution in [0, 0.1) is 17.1 Å². The fraction of sp³-hybridized carbons (Fsp3) is 0.222. The molecule has 13 heavy (non-hydrogen) atoms. The Morgan fingerprint density at radius 3 is 2.85 bits per heavy atom. The Balaban J connectivity index is 2.81. The Bertz CT molecular complexity index is 346. The van der Waals surface area contributed by atoms with Crippen LogP contribution in [-0.2, 0) is 0 Å². The minimum absolute atomic E-state index is 0.280. The highest BCUT2D eigenvalue weighted by molar-refractivity contribution is 9.10. The van der Waals surface area contributed by atoms with Gasteiger partial charge in [0.1, 0.15) is 11.9 Å². The largest absolute Gasteiger partial charge is 0.370 e. The van der Waals surface area contributed by atoms with Crippen LogP contribution >= 0.6 is 15.9 Å². The van der Waals surface area contributed by atoms with Gasteiger partial charge in [0.25, 0.3) is 0 Å². The van der Waals surface area contributed by atoms with Gasteiger partial charge in [-0.1, -0.05) is 0 Å². The molecule has 1 N–H and O–H groups in total. The first-order valence-electron chi connectivity index (χ1n) is 3.74. The zero-order valence-corrected chi connectivity index (χ0v) is 8.60. The van der Waals surface area contributed by atoms with Crippen LogP contribution in [-0.4, -0.2) is 6.04 Å². The second-order valence-corrected chi connectivity index (χ2v) is 3.48. The van der Waals surface area contributed by atoms with E-state index in [1.165, 1.54) is 6.07 Å². The molecule has 1 unspecified atom stereocenters. The molecule has 0 aliphatic heterocycles. The van der Waals surface area contributed by atoms with Gasteiger partial charge in [0.2, 0.25) is 0 Å². The summed E-state index contributed by atoms with van der Waals surface area (Å²) in [4.78, 5) is 0. The maximum absolute atomic E-state index is 12.8. The normalized spacial score (nSPS) is 11.8. The van der Waals surface area contributed by atoms with Gasteiger partial charge >= 0.3 is 0 Å². The number of hydrogen-bond donors (Lipinski definition) is 1. The Morgan fingerprint density at radius 2 is 2.31 bits per heavy atom. The summed E-state index contributed by atoms with van der Waals surface area (Å²) >= 11 is 3.06. The Kier molecular flexibility index (Phi) is 3.26. The number of anilines is 1. The summed E-state index contributed by atoms with van der Waals surface area (Å²) in [7, 11) is 0. The third-order valence-corrected chi connectivity index (χ3v) is 2.10. The van der Waals surface area contributed by atoms with Crippen LogP contribution in [0.4, 0.5) is 10.1 Å². The lowest BCUT2D eigenvalue weighted by atomic mass is 10.3. The zero-order chi connectivity index (χ0) is 9.84. The monoisotopic (exact) mass is 242 g/mol. The smallest absolute Gasteiger partial charge is 0.137 e. The lowest BCUT2D eigenvalue weighted by molar-refractivity contribution is 0.621. The highest BCUT2D eigenvalue weighted by Gasteiger charge is 2.02. The molecule has 1 aromatic carbocycles. The first kappa shape index (κ1) is 10.0. The summed E-state index contributed by atoms with van der Waals surface area (Å²) in [5.41, 5.74) is 0.724. The Hall–Kier alpha value is -1.08. The van der Waals surface area contributed by atoms with Crippen molar-refractivity contribution in [1.82, 2.24) is 0 Å². The average Bonchev–Trinajstić information content (AvgIpc) is 2.11. The number of nitriles is 1. The van der Waals surface area contributed by atoms with E-state index < -0.39 is 0 Å². The molecule has 1 aromatic rings. The molecule has 0 spiro atoms. The summed E-state index contributed by atoms with van der Waals surface area (Å²) < 4.78 is 13.2. The first-order chi connectivity index (χ1) is 6.13. The standard InChI is InChI=1S/C9H8BrFN2/c1-6(5-12)13-7-2-3-9(11)8(10)4-7/h2-4,6,13H,1H3. The lowest BCUT2D eigenvalue weighted by Gasteiger charge is -2.07. The van der Waals surface area contributed by atoms with Crippen LogP contribution in [0.25, 0.3) is 0 Å². The van der Waals surface area contributed by atoms with E-state index in [4.69, 9.17) is 5.26 Å². The number of benzene rings is 1. The molecule has 0 heterocycles. The first-order valence-corrected chi connectivity index (χ1v) is 4.54. The number of rotatable bonds is 2. The van der Waals surface area contributed by atoms with Crippen molar-refractivity contribution in [1.29, 1.82) is 5.26 Å². The molecule has 2 nitrogen and oxygen atoms in total. The number of halogens is 2. The second-order valence-electron chi connectivity index (χ2n) is 2.62. The van der Waals surface area contributed by atoms with Gasteiger partial charge in [0.05, 0.1) is 10.5 Å². The molecule has 0 aromatic heterocycles. The maximum Gasteiger partial charge on any atom is 0.137 e. The van der Waals surface area contributed by atoms with Gasteiger partial charge in [0.15, 0.2) is 0 Å². The van der Waals surface area contributed by atoms with Crippen LogP contribution in [0.3, 0.4) is 0 Å². The lowest BCUT2D eigenvalue weighted by Crippen LogP contribution is -2.11. The quantitative estimate of drug-likeness (QED) is 0.866. The van der Waals surface area contributed by atoms with E-state index in [9.17, 15) is 4.39 Å². The van der Waals surface area contributed by atoms with Crippen LogP contribution < -0.4 is 5.32 Å². The predicted molar refractivity (Wildman–Crippen MR) is 52.8 cm³/mol. The van der Waals surface area contributed by atoms with Crippen LogP contribution in [0.1, 0.15) is 6.92 Å². The zero-order valence-electron chi connectivity index (χ0n) is 7.01.